The molecular formula is C36H43Cl2N7O4. The molecule has 0 unspecified atom stereocenters. The molecule has 1 atom stereocenters. The number of piperidine rings is 1. The summed E-state index contributed by atoms with van der Waals surface area (Å²) >= 11 is 14.1. The van der Waals surface area contributed by atoms with E-state index < -0.39 is 5.60 Å². The van der Waals surface area contributed by atoms with Crippen LogP contribution in [0, 0.1) is 0 Å². The lowest BCUT2D eigenvalue weighted by Crippen LogP contribution is -2.42. The van der Waals surface area contributed by atoms with E-state index in [1.807, 2.05) is 50.2 Å². The largest absolute Gasteiger partial charge is 0.480 e. The van der Waals surface area contributed by atoms with Crippen LogP contribution >= 0.6 is 23.2 Å². The van der Waals surface area contributed by atoms with Crippen molar-refractivity contribution in [3.63, 3.8) is 0 Å². The average molecular weight is 709 g/mol. The fraction of sp³-hybridized carbons (Fsp3) is 0.417. The molecule has 1 aromatic heterocycles. The van der Waals surface area contributed by atoms with Crippen LogP contribution < -0.4 is 15.4 Å². The van der Waals surface area contributed by atoms with Gasteiger partial charge in [0.15, 0.2) is 0 Å². The van der Waals surface area contributed by atoms with Crippen molar-refractivity contribution < 1.29 is 19.4 Å². The Bertz CT molecular complexity index is 1750. The van der Waals surface area contributed by atoms with E-state index in [0.29, 0.717) is 88.9 Å². The first-order valence-corrected chi connectivity index (χ1v) is 17.0. The Kier molecular flexibility index (Phi) is 12.1. The summed E-state index contributed by atoms with van der Waals surface area (Å²) in [5.74, 6) is 0.803. The fourth-order valence-electron chi connectivity index (χ4n) is 6.00. The van der Waals surface area contributed by atoms with Gasteiger partial charge in [-0.2, -0.15) is 0 Å². The molecule has 11 nitrogen and oxygen atoms in total. The van der Waals surface area contributed by atoms with Gasteiger partial charge in [0.25, 0.3) is 0 Å². The van der Waals surface area contributed by atoms with Crippen molar-refractivity contribution in [2.75, 3.05) is 40.4 Å². The van der Waals surface area contributed by atoms with Crippen LogP contribution in [-0.4, -0.2) is 90.4 Å². The molecule has 2 aliphatic heterocycles. The number of halogens is 2. The fourth-order valence-corrected chi connectivity index (χ4v) is 6.68. The molecule has 0 bridgehead atoms. The average Bonchev–Trinajstić information content (AvgIpc) is 3.51. The SMILES string of the molecule is C=N/C(CNC[C@@H]1CCC(=O)N1)=C(\N=C(/C)c1cccc(-c2cccc(-c3cnc(CN4CCC(C)(O)CC4)c(OC)n3)c2Cl)c1Cl)OC. The maximum absolute atomic E-state index is 11.5. The lowest BCUT2D eigenvalue weighted by Gasteiger charge is -2.35. The van der Waals surface area contributed by atoms with Gasteiger partial charge in [-0.25, -0.2) is 9.98 Å². The van der Waals surface area contributed by atoms with Crippen molar-refractivity contribution in [3.8, 4) is 28.3 Å². The molecule has 0 aliphatic carbocycles. The Morgan fingerprint density at radius 1 is 1.14 bits per heavy atom. The zero-order chi connectivity index (χ0) is 35.1. The maximum atomic E-state index is 11.5. The van der Waals surface area contributed by atoms with Gasteiger partial charge in [-0.3, -0.25) is 19.7 Å². The normalized spacial score (nSPS) is 18.6. The molecule has 2 fully saturated rings. The third-order valence-corrected chi connectivity index (χ3v) is 9.75. The lowest BCUT2D eigenvalue weighted by atomic mass is 9.94. The number of nitrogens with one attached hydrogen (secondary N) is 2. The summed E-state index contributed by atoms with van der Waals surface area (Å²) in [6.45, 7) is 10.5. The van der Waals surface area contributed by atoms with Crippen LogP contribution in [0.2, 0.25) is 10.0 Å². The molecule has 260 valence electrons. The van der Waals surface area contributed by atoms with E-state index in [4.69, 9.17) is 47.6 Å². The zero-order valence-corrected chi connectivity index (χ0v) is 29.9. The number of amides is 1. The van der Waals surface area contributed by atoms with Crippen LogP contribution in [0.1, 0.15) is 50.8 Å². The van der Waals surface area contributed by atoms with Gasteiger partial charge in [-0.15, -0.1) is 0 Å². The third-order valence-electron chi connectivity index (χ3n) is 8.93. The molecule has 3 heterocycles. The van der Waals surface area contributed by atoms with Crippen molar-refractivity contribution >= 4 is 41.5 Å². The molecule has 5 rings (SSSR count). The van der Waals surface area contributed by atoms with E-state index in [1.165, 1.54) is 7.11 Å². The van der Waals surface area contributed by atoms with Crippen molar-refractivity contribution in [1.82, 2.24) is 25.5 Å². The van der Waals surface area contributed by atoms with Gasteiger partial charge in [0, 0.05) is 67.4 Å². The van der Waals surface area contributed by atoms with Crippen molar-refractivity contribution in [3.05, 3.63) is 75.5 Å². The second-order valence-corrected chi connectivity index (χ2v) is 13.3. The van der Waals surface area contributed by atoms with E-state index in [0.717, 1.165) is 36.3 Å². The number of methoxy groups -OCH3 is 2. The highest BCUT2D eigenvalue weighted by molar-refractivity contribution is 6.39. The summed E-state index contributed by atoms with van der Waals surface area (Å²) < 4.78 is 11.3. The molecule has 0 saturated carbocycles. The molecule has 2 aliphatic rings. The standard InChI is InChI=1S/C36H43Cl2N7O4/c1-22(42-34(48-4)29(39-3)19-40-18-23-12-13-31(46)43-23)24-8-6-9-25(32(24)37)26-10-7-11-27(33(26)38)28-20-41-30(35(44-28)49-5)21-45-16-14-36(2,47)15-17-45/h6-11,20,23,40,47H,3,12-19,21H2,1-2,4-5H3,(H,43,46)/b34-29+,42-22+/t23-/m0/s1. The highest BCUT2D eigenvalue weighted by Gasteiger charge is 2.28. The van der Waals surface area contributed by atoms with Crippen LogP contribution in [0.3, 0.4) is 0 Å². The van der Waals surface area contributed by atoms with Crippen molar-refractivity contribution in [1.29, 1.82) is 0 Å². The molecule has 2 saturated heterocycles. The Morgan fingerprint density at radius 3 is 2.49 bits per heavy atom. The number of aliphatic hydroxyl groups is 1. The number of aliphatic imine (C=N–C) groups is 2. The highest BCUT2D eigenvalue weighted by Crippen LogP contribution is 2.40. The van der Waals surface area contributed by atoms with Gasteiger partial charge < -0.3 is 25.2 Å². The predicted octanol–water partition coefficient (Wildman–Crippen LogP) is 5.67. The smallest absolute Gasteiger partial charge is 0.237 e. The number of aromatic nitrogens is 2. The molecule has 13 heteroatoms. The molecule has 49 heavy (non-hydrogen) atoms. The first kappa shape index (κ1) is 36.4. The first-order valence-electron chi connectivity index (χ1n) is 16.3. The van der Waals surface area contributed by atoms with Crippen LogP contribution in [0.5, 0.6) is 5.88 Å². The molecule has 0 radical (unpaired) electrons. The number of rotatable bonds is 13. The highest BCUT2D eigenvalue weighted by atomic mass is 35.5. The maximum Gasteiger partial charge on any atom is 0.237 e. The minimum atomic E-state index is -0.628. The second-order valence-electron chi connectivity index (χ2n) is 12.6. The number of benzene rings is 2. The van der Waals surface area contributed by atoms with Crippen LogP contribution in [0.4, 0.5) is 0 Å². The van der Waals surface area contributed by atoms with Gasteiger partial charge in [-0.1, -0.05) is 59.6 Å². The summed E-state index contributed by atoms with van der Waals surface area (Å²) in [4.78, 5) is 32.1. The second kappa shape index (κ2) is 16.2. The quantitative estimate of drug-likeness (QED) is 0.153. The van der Waals surface area contributed by atoms with E-state index in [9.17, 15) is 9.90 Å². The van der Waals surface area contributed by atoms with Gasteiger partial charge in [0.2, 0.25) is 17.7 Å². The summed E-state index contributed by atoms with van der Waals surface area (Å²) in [5.41, 5.74) is 4.65. The summed E-state index contributed by atoms with van der Waals surface area (Å²) in [5, 5.41) is 17.5. The predicted molar refractivity (Wildman–Crippen MR) is 194 cm³/mol. The third kappa shape index (κ3) is 8.84. The van der Waals surface area contributed by atoms with Gasteiger partial charge in [0.1, 0.15) is 11.4 Å². The van der Waals surface area contributed by atoms with E-state index >= 15 is 0 Å². The molecule has 3 N–H and O–H groups in total. The van der Waals surface area contributed by atoms with Gasteiger partial charge in [-0.05, 0) is 39.8 Å². The van der Waals surface area contributed by atoms with E-state index in [1.54, 1.807) is 13.3 Å². The number of carbonyl (C=O) groups is 1. The van der Waals surface area contributed by atoms with Gasteiger partial charge >= 0.3 is 0 Å². The summed E-state index contributed by atoms with van der Waals surface area (Å²) in [6.07, 6.45) is 4.45. The zero-order valence-electron chi connectivity index (χ0n) is 28.4. The number of nitrogens with zero attached hydrogens (tertiary/aromatic N) is 5. The number of ether oxygens (including phenoxy) is 2. The lowest BCUT2D eigenvalue weighted by molar-refractivity contribution is -0.119. The Balaban J connectivity index is 1.38. The van der Waals surface area contributed by atoms with E-state index in [2.05, 4.69) is 27.2 Å². The Labute approximate surface area is 297 Å². The molecular weight excluding hydrogens is 665 g/mol. The first-order chi connectivity index (χ1) is 23.5. The molecule has 3 aromatic rings. The number of hydrogen-bond acceptors (Lipinski definition) is 10. The molecule has 1 amide bonds. The molecule has 0 spiro atoms. The van der Waals surface area contributed by atoms with Crippen LogP contribution in [0.15, 0.2) is 64.2 Å². The summed E-state index contributed by atoms with van der Waals surface area (Å²) in [7, 11) is 3.11. The number of carbonyl (C=O) groups excluding carboxylic acids is 1. The minimum absolute atomic E-state index is 0.0680. The van der Waals surface area contributed by atoms with Crippen LogP contribution in [0.25, 0.3) is 22.4 Å². The minimum Gasteiger partial charge on any atom is -0.480 e. The van der Waals surface area contributed by atoms with Crippen molar-refractivity contribution in [2.45, 2.75) is 57.7 Å². The van der Waals surface area contributed by atoms with Crippen LogP contribution in [-0.2, 0) is 16.1 Å². The topological polar surface area (TPSA) is 134 Å². The monoisotopic (exact) mass is 707 g/mol. The van der Waals surface area contributed by atoms with Crippen molar-refractivity contribution in [2.24, 2.45) is 9.98 Å². The number of hydrogen-bond donors (Lipinski definition) is 3. The Hall–Kier alpha value is -3.87. The number of likely N-dealkylation sites (tertiary alicyclic amines) is 1. The molecule has 2 aromatic carbocycles. The van der Waals surface area contributed by atoms with Gasteiger partial charge in [0.05, 0.1) is 47.5 Å². The Morgan fingerprint density at radius 2 is 1.84 bits per heavy atom. The summed E-state index contributed by atoms with van der Waals surface area (Å²) in [6, 6.07) is 11.5. The van der Waals surface area contributed by atoms with E-state index in [-0.39, 0.29) is 11.9 Å².